The van der Waals surface area contributed by atoms with Gasteiger partial charge in [-0.25, -0.2) is 4.79 Å². The maximum absolute atomic E-state index is 11.3. The molecule has 84 valence electrons. The summed E-state index contributed by atoms with van der Waals surface area (Å²) in [7, 11) is 0. The molecule has 2 bridgehead atoms. The highest BCUT2D eigenvalue weighted by Gasteiger charge is 2.55. The van der Waals surface area contributed by atoms with Crippen molar-refractivity contribution in [1.82, 2.24) is 5.32 Å². The van der Waals surface area contributed by atoms with Crippen molar-refractivity contribution in [3.63, 3.8) is 0 Å². The minimum atomic E-state index is -0.405. The third kappa shape index (κ3) is 2.33. The van der Waals surface area contributed by atoms with Gasteiger partial charge < -0.3 is 10.1 Å². The Morgan fingerprint density at radius 2 is 2.00 bits per heavy atom. The SMILES string of the molecule is CC(C)(C)OC(=O)/C=C/NC12CC(C1)C2. The van der Waals surface area contributed by atoms with Crippen LogP contribution in [0.15, 0.2) is 12.3 Å². The van der Waals surface area contributed by atoms with E-state index >= 15 is 0 Å². The monoisotopic (exact) mass is 209 g/mol. The average molecular weight is 209 g/mol. The van der Waals surface area contributed by atoms with E-state index in [1.807, 2.05) is 20.8 Å². The summed E-state index contributed by atoms with van der Waals surface area (Å²) in [5.41, 5.74) is -0.0685. The molecule has 3 aliphatic rings. The van der Waals surface area contributed by atoms with Crippen LogP contribution in [-0.2, 0) is 9.53 Å². The Morgan fingerprint density at radius 3 is 2.40 bits per heavy atom. The molecule has 0 unspecified atom stereocenters. The van der Waals surface area contributed by atoms with Gasteiger partial charge in [-0.2, -0.15) is 0 Å². The molecule has 3 saturated carbocycles. The lowest BCUT2D eigenvalue weighted by molar-refractivity contribution is -0.148. The Kier molecular flexibility index (Phi) is 2.28. The van der Waals surface area contributed by atoms with Crippen molar-refractivity contribution in [2.45, 2.75) is 51.2 Å². The van der Waals surface area contributed by atoms with Crippen LogP contribution >= 0.6 is 0 Å². The number of nitrogens with one attached hydrogen (secondary N) is 1. The molecule has 3 aliphatic carbocycles. The molecule has 0 aliphatic heterocycles. The first-order chi connectivity index (χ1) is 6.89. The zero-order chi connectivity index (χ0) is 11.1. The third-order valence-electron chi connectivity index (χ3n) is 3.05. The predicted octanol–water partition coefficient (Wildman–Crippen LogP) is 1.98. The van der Waals surface area contributed by atoms with E-state index in [1.165, 1.54) is 25.3 Å². The van der Waals surface area contributed by atoms with Crippen molar-refractivity contribution in [1.29, 1.82) is 0 Å². The fourth-order valence-corrected chi connectivity index (χ4v) is 2.28. The second kappa shape index (κ2) is 3.26. The number of ether oxygens (including phenoxy) is 1. The van der Waals surface area contributed by atoms with Gasteiger partial charge in [-0.1, -0.05) is 0 Å². The van der Waals surface area contributed by atoms with Crippen molar-refractivity contribution >= 4 is 5.97 Å². The average Bonchev–Trinajstić information content (AvgIpc) is 1.87. The lowest BCUT2D eigenvalue weighted by Crippen LogP contribution is -2.65. The molecule has 0 amide bonds. The normalized spacial score (nSPS) is 33.1. The van der Waals surface area contributed by atoms with Crippen LogP contribution in [0.25, 0.3) is 0 Å². The number of carbonyl (C=O) groups excluding carboxylic acids is 1. The van der Waals surface area contributed by atoms with Crippen LogP contribution in [0.3, 0.4) is 0 Å². The summed E-state index contributed by atoms with van der Waals surface area (Å²) in [4.78, 5) is 11.3. The van der Waals surface area contributed by atoms with Crippen LogP contribution in [0, 0.1) is 5.92 Å². The summed E-state index contributed by atoms with van der Waals surface area (Å²) >= 11 is 0. The summed E-state index contributed by atoms with van der Waals surface area (Å²) in [6.07, 6.45) is 7.03. The Hall–Kier alpha value is -0.990. The summed E-state index contributed by atoms with van der Waals surface area (Å²) in [5, 5.41) is 3.30. The van der Waals surface area contributed by atoms with Crippen LogP contribution in [0.1, 0.15) is 40.0 Å². The minimum absolute atomic E-state index is 0.276. The number of hydrogen-bond donors (Lipinski definition) is 1. The molecular weight excluding hydrogens is 190 g/mol. The predicted molar refractivity (Wildman–Crippen MR) is 58.2 cm³/mol. The lowest BCUT2D eigenvalue weighted by Gasteiger charge is -2.61. The summed E-state index contributed by atoms with van der Waals surface area (Å²) < 4.78 is 5.15. The van der Waals surface area contributed by atoms with Gasteiger partial charge in [-0.05, 0) is 46.0 Å². The number of rotatable bonds is 3. The van der Waals surface area contributed by atoms with Gasteiger partial charge in [0.05, 0.1) is 0 Å². The fraction of sp³-hybridized carbons (Fsp3) is 0.750. The van der Waals surface area contributed by atoms with Crippen LogP contribution in [0.5, 0.6) is 0 Å². The molecule has 0 aromatic heterocycles. The van der Waals surface area contributed by atoms with Crippen molar-refractivity contribution in [3.05, 3.63) is 12.3 Å². The van der Waals surface area contributed by atoms with Crippen molar-refractivity contribution in [2.24, 2.45) is 5.92 Å². The largest absolute Gasteiger partial charge is 0.457 e. The molecule has 0 heterocycles. The van der Waals surface area contributed by atoms with Crippen molar-refractivity contribution < 1.29 is 9.53 Å². The molecule has 3 rings (SSSR count). The number of carbonyl (C=O) groups is 1. The van der Waals surface area contributed by atoms with Gasteiger partial charge in [0, 0.05) is 17.8 Å². The first kappa shape index (κ1) is 10.5. The second-order valence-electron chi connectivity index (χ2n) is 5.77. The number of esters is 1. The van der Waals surface area contributed by atoms with Crippen LogP contribution in [-0.4, -0.2) is 17.1 Å². The highest BCUT2D eigenvalue weighted by molar-refractivity contribution is 5.82. The molecule has 3 fully saturated rings. The topological polar surface area (TPSA) is 38.3 Å². The van der Waals surface area contributed by atoms with Gasteiger partial charge in [0.25, 0.3) is 0 Å². The van der Waals surface area contributed by atoms with E-state index < -0.39 is 5.60 Å². The highest BCUT2D eigenvalue weighted by Crippen LogP contribution is 2.56. The van der Waals surface area contributed by atoms with Gasteiger partial charge >= 0.3 is 5.97 Å². The summed E-state index contributed by atoms with van der Waals surface area (Å²) in [6.45, 7) is 5.61. The van der Waals surface area contributed by atoms with Crippen molar-refractivity contribution in [2.75, 3.05) is 0 Å². The van der Waals surface area contributed by atoms with Crippen LogP contribution in [0.2, 0.25) is 0 Å². The minimum Gasteiger partial charge on any atom is -0.457 e. The van der Waals surface area contributed by atoms with E-state index in [0.717, 1.165) is 5.92 Å². The Bertz CT molecular complexity index is 284. The zero-order valence-electron chi connectivity index (χ0n) is 9.67. The maximum atomic E-state index is 11.3. The van der Waals surface area contributed by atoms with Gasteiger partial charge in [-0.3, -0.25) is 0 Å². The van der Waals surface area contributed by atoms with E-state index in [1.54, 1.807) is 6.20 Å². The molecule has 0 spiro atoms. The Labute approximate surface area is 90.9 Å². The molecule has 3 nitrogen and oxygen atoms in total. The first-order valence-corrected chi connectivity index (χ1v) is 5.56. The van der Waals surface area contributed by atoms with Crippen LogP contribution in [0.4, 0.5) is 0 Å². The molecule has 3 heteroatoms. The molecule has 0 saturated heterocycles. The van der Waals surface area contributed by atoms with E-state index in [-0.39, 0.29) is 5.97 Å². The van der Waals surface area contributed by atoms with Gasteiger partial charge in [0.1, 0.15) is 5.60 Å². The van der Waals surface area contributed by atoms with E-state index in [0.29, 0.717) is 5.54 Å². The maximum Gasteiger partial charge on any atom is 0.332 e. The lowest BCUT2D eigenvalue weighted by atomic mass is 9.50. The van der Waals surface area contributed by atoms with Gasteiger partial charge in [-0.15, -0.1) is 0 Å². The fourth-order valence-electron chi connectivity index (χ4n) is 2.28. The van der Waals surface area contributed by atoms with Gasteiger partial charge in [0.2, 0.25) is 0 Å². The zero-order valence-corrected chi connectivity index (χ0v) is 9.67. The van der Waals surface area contributed by atoms with E-state index in [9.17, 15) is 4.79 Å². The Balaban J connectivity index is 1.71. The molecular formula is C12H19NO2. The molecule has 0 radical (unpaired) electrons. The van der Waals surface area contributed by atoms with E-state index in [4.69, 9.17) is 4.74 Å². The molecule has 0 atom stereocenters. The number of hydrogen-bond acceptors (Lipinski definition) is 3. The smallest absolute Gasteiger partial charge is 0.332 e. The highest BCUT2D eigenvalue weighted by atomic mass is 16.6. The summed E-state index contributed by atoms with van der Waals surface area (Å²) in [5.74, 6) is 0.675. The molecule has 0 aromatic rings. The van der Waals surface area contributed by atoms with Gasteiger partial charge in [0.15, 0.2) is 0 Å². The van der Waals surface area contributed by atoms with Crippen LogP contribution < -0.4 is 5.32 Å². The molecule has 0 aromatic carbocycles. The first-order valence-electron chi connectivity index (χ1n) is 5.56. The third-order valence-corrected chi connectivity index (χ3v) is 3.05. The molecule has 15 heavy (non-hydrogen) atoms. The second-order valence-corrected chi connectivity index (χ2v) is 5.77. The van der Waals surface area contributed by atoms with Crippen molar-refractivity contribution in [3.8, 4) is 0 Å². The summed E-state index contributed by atoms with van der Waals surface area (Å²) in [6, 6.07) is 0. The Morgan fingerprint density at radius 1 is 1.40 bits per heavy atom. The quantitative estimate of drug-likeness (QED) is 0.570. The standard InChI is InChI=1S/C12H19NO2/c1-11(2,3)15-10(14)4-5-13-12-6-9(7-12)8-12/h4-5,9,13H,6-8H2,1-3H3/b5-4+. The van der Waals surface area contributed by atoms with E-state index in [2.05, 4.69) is 5.32 Å². The molecule has 1 N–H and O–H groups in total.